The lowest BCUT2D eigenvalue weighted by atomic mass is 10.1. The van der Waals surface area contributed by atoms with Crippen molar-refractivity contribution in [2.45, 2.75) is 24.5 Å². The lowest BCUT2D eigenvalue weighted by Crippen LogP contribution is -2.27. The second-order valence-electron chi connectivity index (χ2n) is 4.26. The number of nitrogen functional groups attached to an aromatic ring is 1. The monoisotopic (exact) mass is 261 g/mol. The van der Waals surface area contributed by atoms with Gasteiger partial charge in [-0.3, -0.25) is 4.79 Å². The fourth-order valence-electron chi connectivity index (χ4n) is 1.91. The fraction of sp³-hybridized carbons (Fsp3) is 0.385. The maximum absolute atomic E-state index is 12.0. The standard InChI is InChI=1S/C13H15N3OS/c14-8-9-4-5-11(10(15)7-9)16-13(17)12-3-1-2-6-18-12/h4-5,7,12H,1-3,6,15H2,(H,16,17). The van der Waals surface area contributed by atoms with Gasteiger partial charge in [0.05, 0.1) is 28.3 Å². The van der Waals surface area contributed by atoms with Gasteiger partial charge in [0.1, 0.15) is 0 Å². The third-order valence-corrected chi connectivity index (χ3v) is 4.29. The molecule has 1 atom stereocenters. The van der Waals surface area contributed by atoms with Gasteiger partial charge in [0, 0.05) is 0 Å². The number of nitrogens with two attached hydrogens (primary N) is 1. The minimum atomic E-state index is 0.0103. The molecule has 1 aromatic rings. The zero-order chi connectivity index (χ0) is 13.0. The van der Waals surface area contributed by atoms with Crippen LogP contribution in [0.3, 0.4) is 0 Å². The Morgan fingerprint density at radius 3 is 2.94 bits per heavy atom. The van der Waals surface area contributed by atoms with E-state index in [0.29, 0.717) is 16.9 Å². The van der Waals surface area contributed by atoms with Crippen LogP contribution < -0.4 is 11.1 Å². The highest BCUT2D eigenvalue weighted by Crippen LogP contribution is 2.27. The summed E-state index contributed by atoms with van der Waals surface area (Å²) in [6.07, 6.45) is 3.22. The van der Waals surface area contributed by atoms with E-state index in [-0.39, 0.29) is 11.2 Å². The lowest BCUT2D eigenvalue weighted by molar-refractivity contribution is -0.115. The van der Waals surface area contributed by atoms with E-state index in [0.717, 1.165) is 18.6 Å². The Balaban J connectivity index is 2.04. The number of benzene rings is 1. The van der Waals surface area contributed by atoms with Crippen LogP contribution >= 0.6 is 11.8 Å². The molecule has 0 bridgehead atoms. The smallest absolute Gasteiger partial charge is 0.237 e. The number of nitriles is 1. The molecule has 0 aromatic heterocycles. The van der Waals surface area contributed by atoms with Crippen LogP contribution in [0.1, 0.15) is 24.8 Å². The predicted molar refractivity (Wildman–Crippen MR) is 74.3 cm³/mol. The van der Waals surface area contributed by atoms with E-state index < -0.39 is 0 Å². The Morgan fingerprint density at radius 1 is 1.50 bits per heavy atom. The molecule has 94 valence electrons. The zero-order valence-corrected chi connectivity index (χ0v) is 10.8. The van der Waals surface area contributed by atoms with Crippen LogP contribution in [0, 0.1) is 11.3 Å². The van der Waals surface area contributed by atoms with E-state index in [1.54, 1.807) is 30.0 Å². The first-order valence-electron chi connectivity index (χ1n) is 5.93. The number of anilines is 2. The Hall–Kier alpha value is -1.67. The molecule has 1 unspecified atom stereocenters. The highest BCUT2D eigenvalue weighted by molar-refractivity contribution is 8.00. The normalized spacial score (nSPS) is 18.9. The van der Waals surface area contributed by atoms with E-state index in [1.165, 1.54) is 6.42 Å². The predicted octanol–water partition coefficient (Wildman–Crippen LogP) is 2.36. The van der Waals surface area contributed by atoms with Crippen molar-refractivity contribution in [1.82, 2.24) is 0 Å². The van der Waals surface area contributed by atoms with Gasteiger partial charge in [-0.05, 0) is 36.8 Å². The third-order valence-electron chi connectivity index (χ3n) is 2.91. The van der Waals surface area contributed by atoms with Gasteiger partial charge in [-0.2, -0.15) is 5.26 Å². The molecule has 5 heteroatoms. The van der Waals surface area contributed by atoms with Crippen LogP contribution in [0.15, 0.2) is 18.2 Å². The molecule has 1 aliphatic heterocycles. The van der Waals surface area contributed by atoms with Gasteiger partial charge in [0.25, 0.3) is 0 Å². The Kier molecular flexibility index (Phi) is 4.11. The molecular formula is C13H15N3OS. The van der Waals surface area contributed by atoms with Crippen LogP contribution in [-0.4, -0.2) is 16.9 Å². The van der Waals surface area contributed by atoms with Gasteiger partial charge in [0.15, 0.2) is 0 Å². The first-order chi connectivity index (χ1) is 8.70. The molecule has 1 saturated heterocycles. The maximum Gasteiger partial charge on any atom is 0.237 e. The SMILES string of the molecule is N#Cc1ccc(NC(=O)C2CCCCS2)c(N)c1. The summed E-state index contributed by atoms with van der Waals surface area (Å²) in [5, 5.41) is 11.6. The van der Waals surface area contributed by atoms with E-state index in [9.17, 15) is 4.79 Å². The highest BCUT2D eigenvalue weighted by Gasteiger charge is 2.22. The molecule has 0 saturated carbocycles. The van der Waals surface area contributed by atoms with Gasteiger partial charge in [-0.1, -0.05) is 6.42 Å². The van der Waals surface area contributed by atoms with Crippen LogP contribution in [0.25, 0.3) is 0 Å². The molecule has 0 spiro atoms. The van der Waals surface area contributed by atoms with Gasteiger partial charge in [0.2, 0.25) is 5.91 Å². The van der Waals surface area contributed by atoms with Crippen molar-refractivity contribution in [3.05, 3.63) is 23.8 Å². The number of rotatable bonds is 2. The van der Waals surface area contributed by atoms with Crippen molar-refractivity contribution in [1.29, 1.82) is 5.26 Å². The topological polar surface area (TPSA) is 78.9 Å². The van der Waals surface area contributed by atoms with Crippen molar-refractivity contribution < 1.29 is 4.79 Å². The number of nitrogens with one attached hydrogen (secondary N) is 1. The molecule has 1 heterocycles. The average molecular weight is 261 g/mol. The summed E-state index contributed by atoms with van der Waals surface area (Å²) in [6, 6.07) is 6.92. The molecule has 1 aromatic carbocycles. The maximum atomic E-state index is 12.0. The first-order valence-corrected chi connectivity index (χ1v) is 6.97. The molecule has 0 radical (unpaired) electrons. The first kappa shape index (κ1) is 12.8. The van der Waals surface area contributed by atoms with Crippen molar-refractivity contribution in [2.75, 3.05) is 16.8 Å². The lowest BCUT2D eigenvalue weighted by Gasteiger charge is -2.20. The summed E-state index contributed by atoms with van der Waals surface area (Å²) in [4.78, 5) is 12.0. The Labute approximate surface area is 111 Å². The molecule has 1 amide bonds. The number of thioether (sulfide) groups is 1. The zero-order valence-electron chi connectivity index (χ0n) is 9.98. The average Bonchev–Trinajstić information content (AvgIpc) is 2.42. The molecule has 18 heavy (non-hydrogen) atoms. The molecule has 1 aliphatic rings. The molecule has 3 N–H and O–H groups in total. The summed E-state index contributed by atoms with van der Waals surface area (Å²) in [5.74, 6) is 1.05. The van der Waals surface area contributed by atoms with Crippen LogP contribution in [0.4, 0.5) is 11.4 Å². The van der Waals surface area contributed by atoms with Crippen molar-refractivity contribution in [3.63, 3.8) is 0 Å². The highest BCUT2D eigenvalue weighted by atomic mass is 32.2. The second-order valence-corrected chi connectivity index (χ2v) is 5.57. The van der Waals surface area contributed by atoms with Crippen LogP contribution in [0.2, 0.25) is 0 Å². The van der Waals surface area contributed by atoms with E-state index in [4.69, 9.17) is 11.0 Å². The number of amides is 1. The van der Waals surface area contributed by atoms with Crippen molar-refractivity contribution >= 4 is 29.0 Å². The molecule has 4 nitrogen and oxygen atoms in total. The molecule has 2 rings (SSSR count). The number of carbonyl (C=O) groups is 1. The van der Waals surface area contributed by atoms with E-state index in [1.807, 2.05) is 6.07 Å². The quantitative estimate of drug-likeness (QED) is 0.801. The third kappa shape index (κ3) is 2.96. The summed E-state index contributed by atoms with van der Waals surface area (Å²) in [5.41, 5.74) is 7.32. The number of carbonyl (C=O) groups excluding carboxylic acids is 1. The Morgan fingerprint density at radius 2 is 2.33 bits per heavy atom. The molecule has 1 fully saturated rings. The fourth-order valence-corrected chi connectivity index (χ4v) is 3.11. The van der Waals surface area contributed by atoms with E-state index in [2.05, 4.69) is 5.32 Å². The minimum Gasteiger partial charge on any atom is -0.397 e. The van der Waals surface area contributed by atoms with Crippen LogP contribution in [-0.2, 0) is 4.79 Å². The molecule has 0 aliphatic carbocycles. The summed E-state index contributed by atoms with van der Waals surface area (Å²) >= 11 is 1.70. The van der Waals surface area contributed by atoms with Gasteiger partial charge in [-0.15, -0.1) is 11.8 Å². The Bertz CT molecular complexity index is 489. The molecular weight excluding hydrogens is 246 g/mol. The van der Waals surface area contributed by atoms with E-state index >= 15 is 0 Å². The van der Waals surface area contributed by atoms with Gasteiger partial charge in [-0.25, -0.2) is 0 Å². The largest absolute Gasteiger partial charge is 0.397 e. The van der Waals surface area contributed by atoms with Crippen molar-refractivity contribution in [3.8, 4) is 6.07 Å². The van der Waals surface area contributed by atoms with Crippen molar-refractivity contribution in [2.24, 2.45) is 0 Å². The second kappa shape index (κ2) is 5.78. The van der Waals surface area contributed by atoms with Gasteiger partial charge < -0.3 is 11.1 Å². The number of nitrogens with zero attached hydrogens (tertiary/aromatic N) is 1. The summed E-state index contributed by atoms with van der Waals surface area (Å²) in [6.45, 7) is 0. The minimum absolute atomic E-state index is 0.0103. The van der Waals surface area contributed by atoms with Crippen LogP contribution in [0.5, 0.6) is 0 Å². The number of hydrogen-bond donors (Lipinski definition) is 2. The summed E-state index contributed by atoms with van der Waals surface area (Å²) in [7, 11) is 0. The van der Waals surface area contributed by atoms with Gasteiger partial charge >= 0.3 is 0 Å². The number of hydrogen-bond acceptors (Lipinski definition) is 4. The summed E-state index contributed by atoms with van der Waals surface area (Å²) < 4.78 is 0.